The second kappa shape index (κ2) is 5.95. The Morgan fingerprint density at radius 2 is 2.11 bits per heavy atom. The molecular weight excluding hydrogens is 252 g/mol. The molecule has 0 aliphatic rings. The Bertz CT molecular complexity index is 435. The first-order valence-electron chi connectivity index (χ1n) is 5.76. The molecule has 0 saturated carbocycles. The smallest absolute Gasteiger partial charge is 0.408 e. The fourth-order valence-electron chi connectivity index (χ4n) is 1.16. The van der Waals surface area contributed by atoms with Crippen LogP contribution in [0.4, 0.5) is 4.79 Å². The molecule has 0 fully saturated rings. The molecule has 18 heavy (non-hydrogen) atoms. The molecule has 0 atom stereocenters. The zero-order valence-corrected chi connectivity index (χ0v) is 11.9. The van der Waals surface area contributed by atoms with Crippen molar-refractivity contribution in [3.05, 3.63) is 16.1 Å². The molecule has 0 saturated heterocycles. The number of ketones is 1. The lowest BCUT2D eigenvalue weighted by Gasteiger charge is -2.19. The first kappa shape index (κ1) is 14.6. The zero-order valence-electron chi connectivity index (χ0n) is 11.1. The van der Waals surface area contributed by atoms with E-state index in [2.05, 4.69) is 10.3 Å². The van der Waals surface area contributed by atoms with Crippen LogP contribution in [0, 0.1) is 0 Å². The second-order valence-electron chi connectivity index (χ2n) is 4.76. The number of alkyl carbamates (subject to hydrolysis) is 1. The van der Waals surface area contributed by atoms with Gasteiger partial charge in [-0.3, -0.25) is 4.79 Å². The predicted octanol–water partition coefficient (Wildman–Crippen LogP) is 2.76. The number of thiazole rings is 1. The summed E-state index contributed by atoms with van der Waals surface area (Å²) < 4.78 is 5.09. The van der Waals surface area contributed by atoms with Crippen molar-refractivity contribution in [2.24, 2.45) is 0 Å². The Labute approximate surface area is 111 Å². The molecule has 0 aromatic carbocycles. The second-order valence-corrected chi connectivity index (χ2v) is 5.70. The molecule has 1 aromatic heterocycles. The predicted molar refractivity (Wildman–Crippen MR) is 69.8 cm³/mol. The first-order chi connectivity index (χ1) is 8.31. The van der Waals surface area contributed by atoms with Crippen LogP contribution in [0.1, 0.15) is 49.6 Å². The van der Waals surface area contributed by atoms with Gasteiger partial charge in [-0.05, 0) is 20.8 Å². The van der Waals surface area contributed by atoms with E-state index in [9.17, 15) is 9.59 Å². The maximum atomic E-state index is 11.4. The molecule has 0 aliphatic heterocycles. The molecule has 1 N–H and O–H groups in total. The first-order valence-corrected chi connectivity index (χ1v) is 6.64. The molecule has 5 nitrogen and oxygen atoms in total. The van der Waals surface area contributed by atoms with Crippen molar-refractivity contribution in [2.45, 2.75) is 46.3 Å². The van der Waals surface area contributed by atoms with E-state index in [1.54, 1.807) is 33.1 Å². The number of aromatic nitrogens is 1. The lowest BCUT2D eigenvalue weighted by atomic mass is 10.2. The van der Waals surface area contributed by atoms with Crippen molar-refractivity contribution >= 4 is 23.2 Å². The van der Waals surface area contributed by atoms with Crippen molar-refractivity contribution in [1.82, 2.24) is 10.3 Å². The summed E-state index contributed by atoms with van der Waals surface area (Å²) in [5, 5.41) is 5.00. The summed E-state index contributed by atoms with van der Waals surface area (Å²) in [6.45, 7) is 7.47. The molecule has 6 heteroatoms. The summed E-state index contributed by atoms with van der Waals surface area (Å²) in [5.74, 6) is 0.00904. The van der Waals surface area contributed by atoms with Crippen LogP contribution >= 0.6 is 11.3 Å². The summed E-state index contributed by atoms with van der Waals surface area (Å²) in [6, 6.07) is 0. The van der Waals surface area contributed by atoms with Gasteiger partial charge in [0.2, 0.25) is 0 Å². The van der Waals surface area contributed by atoms with Crippen LogP contribution in [0.5, 0.6) is 0 Å². The SMILES string of the molecule is CCC(=O)c1csc(CNC(=O)OC(C)(C)C)n1. The Morgan fingerprint density at radius 1 is 1.44 bits per heavy atom. The molecule has 0 spiro atoms. The number of carbonyl (C=O) groups excluding carboxylic acids is 2. The Hall–Kier alpha value is -1.43. The third-order valence-corrected chi connectivity index (χ3v) is 2.79. The molecule has 1 aromatic rings. The number of nitrogens with zero attached hydrogens (tertiary/aromatic N) is 1. The highest BCUT2D eigenvalue weighted by Crippen LogP contribution is 2.12. The van der Waals surface area contributed by atoms with E-state index < -0.39 is 11.7 Å². The average Bonchev–Trinajstić information content (AvgIpc) is 2.71. The number of ether oxygens (including phenoxy) is 1. The van der Waals surface area contributed by atoms with Gasteiger partial charge in [-0.2, -0.15) is 0 Å². The monoisotopic (exact) mass is 270 g/mol. The Morgan fingerprint density at radius 3 is 2.67 bits per heavy atom. The summed E-state index contributed by atoms with van der Waals surface area (Å²) >= 11 is 1.35. The van der Waals surface area contributed by atoms with E-state index >= 15 is 0 Å². The van der Waals surface area contributed by atoms with E-state index in [0.29, 0.717) is 17.1 Å². The summed E-state index contributed by atoms with van der Waals surface area (Å²) in [7, 11) is 0. The molecule has 0 unspecified atom stereocenters. The van der Waals surface area contributed by atoms with Crippen LogP contribution in [-0.2, 0) is 11.3 Å². The third kappa shape index (κ3) is 4.83. The molecular formula is C12H18N2O3S. The average molecular weight is 270 g/mol. The van der Waals surface area contributed by atoms with E-state index in [1.807, 2.05) is 0 Å². The van der Waals surface area contributed by atoms with Gasteiger partial charge in [0.05, 0.1) is 6.54 Å². The molecule has 1 amide bonds. The van der Waals surface area contributed by atoms with Crippen LogP contribution in [0.25, 0.3) is 0 Å². The molecule has 0 bridgehead atoms. The van der Waals surface area contributed by atoms with Crippen LogP contribution in [0.3, 0.4) is 0 Å². The Kier molecular flexibility index (Phi) is 4.84. The number of rotatable bonds is 4. The van der Waals surface area contributed by atoms with Gasteiger partial charge in [-0.15, -0.1) is 11.3 Å². The standard InChI is InChI=1S/C12H18N2O3S/c1-5-9(15)8-7-18-10(14-8)6-13-11(16)17-12(2,3)4/h7H,5-6H2,1-4H3,(H,13,16). The zero-order chi connectivity index (χ0) is 13.8. The third-order valence-electron chi connectivity index (χ3n) is 1.94. The number of amides is 1. The molecule has 1 rings (SSSR count). The van der Waals surface area contributed by atoms with Gasteiger partial charge in [0.25, 0.3) is 0 Å². The minimum Gasteiger partial charge on any atom is -0.444 e. The van der Waals surface area contributed by atoms with Gasteiger partial charge in [-0.1, -0.05) is 6.92 Å². The molecule has 100 valence electrons. The van der Waals surface area contributed by atoms with Crippen molar-refractivity contribution in [1.29, 1.82) is 0 Å². The van der Waals surface area contributed by atoms with Gasteiger partial charge in [0, 0.05) is 11.8 Å². The molecule has 1 heterocycles. The number of carbonyl (C=O) groups is 2. The summed E-state index contributed by atoms with van der Waals surface area (Å²) in [4.78, 5) is 26.9. The maximum Gasteiger partial charge on any atom is 0.408 e. The molecule has 0 aliphatic carbocycles. The van der Waals surface area contributed by atoms with Crippen LogP contribution < -0.4 is 5.32 Å². The summed E-state index contributed by atoms with van der Waals surface area (Å²) in [5.41, 5.74) is -0.0560. The van der Waals surface area contributed by atoms with Gasteiger partial charge < -0.3 is 10.1 Å². The van der Waals surface area contributed by atoms with E-state index in [1.165, 1.54) is 11.3 Å². The number of Topliss-reactive ketones (excluding diaryl/α,β-unsaturated/α-hetero) is 1. The Balaban J connectivity index is 2.47. The van der Waals surface area contributed by atoms with Crippen LogP contribution in [0.15, 0.2) is 5.38 Å². The highest BCUT2D eigenvalue weighted by atomic mass is 32.1. The van der Waals surface area contributed by atoms with E-state index in [4.69, 9.17) is 4.74 Å². The van der Waals surface area contributed by atoms with E-state index in [-0.39, 0.29) is 12.3 Å². The van der Waals surface area contributed by atoms with Crippen LogP contribution in [-0.4, -0.2) is 22.5 Å². The van der Waals surface area contributed by atoms with Gasteiger partial charge in [0.15, 0.2) is 5.78 Å². The number of hydrogen-bond donors (Lipinski definition) is 1. The topological polar surface area (TPSA) is 68.3 Å². The molecule has 0 radical (unpaired) electrons. The minimum absolute atomic E-state index is 0.00904. The minimum atomic E-state index is -0.518. The summed E-state index contributed by atoms with van der Waals surface area (Å²) in [6.07, 6.45) is -0.0519. The van der Waals surface area contributed by atoms with Crippen molar-refractivity contribution in [2.75, 3.05) is 0 Å². The fraction of sp³-hybridized carbons (Fsp3) is 0.583. The largest absolute Gasteiger partial charge is 0.444 e. The fourth-order valence-corrected chi connectivity index (χ4v) is 1.90. The number of nitrogens with one attached hydrogen (secondary N) is 1. The maximum absolute atomic E-state index is 11.4. The quantitative estimate of drug-likeness (QED) is 0.854. The lowest BCUT2D eigenvalue weighted by Crippen LogP contribution is -2.32. The lowest BCUT2D eigenvalue weighted by molar-refractivity contribution is 0.0523. The highest BCUT2D eigenvalue weighted by molar-refractivity contribution is 7.09. The van der Waals surface area contributed by atoms with Gasteiger partial charge in [0.1, 0.15) is 16.3 Å². The van der Waals surface area contributed by atoms with Gasteiger partial charge in [-0.25, -0.2) is 9.78 Å². The van der Waals surface area contributed by atoms with Crippen molar-refractivity contribution in [3.8, 4) is 0 Å². The normalized spacial score (nSPS) is 11.1. The van der Waals surface area contributed by atoms with Crippen molar-refractivity contribution in [3.63, 3.8) is 0 Å². The number of hydrogen-bond acceptors (Lipinski definition) is 5. The highest BCUT2D eigenvalue weighted by Gasteiger charge is 2.16. The van der Waals surface area contributed by atoms with E-state index in [0.717, 1.165) is 0 Å². The van der Waals surface area contributed by atoms with Crippen LogP contribution in [0.2, 0.25) is 0 Å². The van der Waals surface area contributed by atoms with Crippen molar-refractivity contribution < 1.29 is 14.3 Å². The van der Waals surface area contributed by atoms with Gasteiger partial charge >= 0.3 is 6.09 Å².